The summed E-state index contributed by atoms with van der Waals surface area (Å²) >= 11 is 0. The van der Waals surface area contributed by atoms with E-state index in [4.69, 9.17) is 10.8 Å². The van der Waals surface area contributed by atoms with Gasteiger partial charge in [0.2, 0.25) is 5.91 Å². The smallest absolute Gasteiger partial charge is 0.311 e. The molecular formula is C10H18N2O3. The summed E-state index contributed by atoms with van der Waals surface area (Å²) in [5, 5.41) is 11.6. The van der Waals surface area contributed by atoms with Crippen molar-refractivity contribution in [2.75, 3.05) is 13.1 Å². The Morgan fingerprint density at radius 2 is 2.00 bits per heavy atom. The Hall–Kier alpha value is -1.10. The molecule has 0 heterocycles. The molecule has 1 rings (SSSR count). The van der Waals surface area contributed by atoms with Gasteiger partial charge in [0.25, 0.3) is 0 Å². The second-order valence-electron chi connectivity index (χ2n) is 4.86. The summed E-state index contributed by atoms with van der Waals surface area (Å²) < 4.78 is 0. The Labute approximate surface area is 89.0 Å². The second kappa shape index (κ2) is 3.81. The van der Waals surface area contributed by atoms with E-state index in [0.717, 1.165) is 0 Å². The number of rotatable bonds is 5. The van der Waals surface area contributed by atoms with Crippen LogP contribution in [0.4, 0.5) is 0 Å². The first-order chi connectivity index (χ1) is 6.84. The Morgan fingerprint density at radius 3 is 2.33 bits per heavy atom. The molecule has 0 bridgehead atoms. The van der Waals surface area contributed by atoms with Crippen LogP contribution in [0.25, 0.3) is 0 Å². The largest absolute Gasteiger partial charge is 0.481 e. The van der Waals surface area contributed by atoms with Crippen molar-refractivity contribution in [2.24, 2.45) is 16.6 Å². The Kier molecular flexibility index (Phi) is 3.04. The number of carboxylic acids is 1. The molecule has 5 nitrogen and oxygen atoms in total. The van der Waals surface area contributed by atoms with E-state index >= 15 is 0 Å². The number of nitrogens with one attached hydrogen (secondary N) is 1. The van der Waals surface area contributed by atoms with Gasteiger partial charge in [0.1, 0.15) is 0 Å². The lowest BCUT2D eigenvalue weighted by Crippen LogP contribution is -2.44. The van der Waals surface area contributed by atoms with E-state index in [1.54, 1.807) is 13.8 Å². The van der Waals surface area contributed by atoms with Gasteiger partial charge in [-0.2, -0.15) is 0 Å². The summed E-state index contributed by atoms with van der Waals surface area (Å²) in [6.45, 7) is 3.94. The van der Waals surface area contributed by atoms with Crippen LogP contribution in [0.15, 0.2) is 0 Å². The van der Waals surface area contributed by atoms with Gasteiger partial charge < -0.3 is 16.2 Å². The van der Waals surface area contributed by atoms with Crippen LogP contribution in [-0.2, 0) is 9.59 Å². The highest BCUT2D eigenvalue weighted by atomic mass is 16.4. The summed E-state index contributed by atoms with van der Waals surface area (Å²) in [4.78, 5) is 22.4. The summed E-state index contributed by atoms with van der Waals surface area (Å²) in [6.07, 6.45) is 1.29. The Balaban J connectivity index is 2.45. The van der Waals surface area contributed by atoms with Gasteiger partial charge in [0.05, 0.1) is 10.8 Å². The summed E-state index contributed by atoms with van der Waals surface area (Å²) in [5.41, 5.74) is 4.11. The molecule has 1 aliphatic carbocycles. The van der Waals surface area contributed by atoms with Crippen LogP contribution in [0, 0.1) is 10.8 Å². The van der Waals surface area contributed by atoms with Crippen molar-refractivity contribution in [1.82, 2.24) is 5.32 Å². The van der Waals surface area contributed by atoms with Gasteiger partial charge in [-0.3, -0.25) is 9.59 Å². The van der Waals surface area contributed by atoms with Crippen molar-refractivity contribution in [3.63, 3.8) is 0 Å². The van der Waals surface area contributed by atoms with Gasteiger partial charge in [-0.15, -0.1) is 0 Å². The van der Waals surface area contributed by atoms with Crippen LogP contribution in [0.3, 0.4) is 0 Å². The highest BCUT2D eigenvalue weighted by Gasteiger charge is 2.50. The highest BCUT2D eigenvalue weighted by Crippen LogP contribution is 2.45. The van der Waals surface area contributed by atoms with Gasteiger partial charge >= 0.3 is 5.97 Å². The number of hydrogen-bond acceptors (Lipinski definition) is 3. The minimum absolute atomic E-state index is 0.183. The number of hydrogen-bond donors (Lipinski definition) is 3. The predicted octanol–water partition coefficient (Wildman–Crippen LogP) is -0.0477. The van der Waals surface area contributed by atoms with Crippen molar-refractivity contribution in [3.05, 3.63) is 0 Å². The molecule has 4 N–H and O–H groups in total. The third-order valence-electron chi connectivity index (χ3n) is 3.02. The number of carbonyl (C=O) groups is 2. The van der Waals surface area contributed by atoms with Gasteiger partial charge in [0.15, 0.2) is 0 Å². The molecule has 0 aromatic heterocycles. The van der Waals surface area contributed by atoms with Crippen LogP contribution in [0.2, 0.25) is 0 Å². The Morgan fingerprint density at radius 1 is 1.47 bits per heavy atom. The van der Waals surface area contributed by atoms with Gasteiger partial charge in [-0.1, -0.05) is 0 Å². The third-order valence-corrected chi connectivity index (χ3v) is 3.02. The maximum atomic E-state index is 11.6. The molecule has 1 amide bonds. The number of carbonyl (C=O) groups excluding carboxylic acids is 1. The molecule has 0 spiro atoms. The van der Waals surface area contributed by atoms with Gasteiger partial charge in [0, 0.05) is 13.1 Å². The van der Waals surface area contributed by atoms with E-state index < -0.39 is 16.8 Å². The molecular weight excluding hydrogens is 196 g/mol. The van der Waals surface area contributed by atoms with Gasteiger partial charge in [-0.25, -0.2) is 0 Å². The lowest BCUT2D eigenvalue weighted by Gasteiger charge is -2.22. The Bertz CT molecular complexity index is 282. The molecule has 0 saturated heterocycles. The molecule has 5 heteroatoms. The SMILES string of the molecule is CC(C)(CN)C(=O)NCC1(C(=O)O)CC1. The lowest BCUT2D eigenvalue weighted by molar-refractivity contribution is -0.143. The minimum Gasteiger partial charge on any atom is -0.481 e. The quantitative estimate of drug-likeness (QED) is 0.598. The molecule has 1 aliphatic rings. The molecule has 0 unspecified atom stereocenters. The maximum absolute atomic E-state index is 11.6. The average molecular weight is 214 g/mol. The minimum atomic E-state index is -0.826. The topological polar surface area (TPSA) is 92.4 Å². The number of amides is 1. The fourth-order valence-electron chi connectivity index (χ4n) is 1.20. The first-order valence-corrected chi connectivity index (χ1v) is 5.06. The molecule has 0 aromatic carbocycles. The van der Waals surface area contributed by atoms with E-state index in [0.29, 0.717) is 12.8 Å². The molecule has 0 atom stereocenters. The molecule has 0 aromatic rings. The zero-order valence-electron chi connectivity index (χ0n) is 9.17. The molecule has 0 radical (unpaired) electrons. The van der Waals surface area contributed by atoms with Crippen LogP contribution >= 0.6 is 0 Å². The second-order valence-corrected chi connectivity index (χ2v) is 4.86. The summed E-state index contributed by atoms with van der Waals surface area (Å²) in [7, 11) is 0. The normalized spacial score (nSPS) is 18.3. The molecule has 1 fully saturated rings. The van der Waals surface area contributed by atoms with Gasteiger partial charge in [-0.05, 0) is 26.7 Å². The molecule has 86 valence electrons. The maximum Gasteiger partial charge on any atom is 0.311 e. The first kappa shape index (κ1) is 12.0. The zero-order valence-corrected chi connectivity index (χ0v) is 9.17. The van der Waals surface area contributed by atoms with Crippen molar-refractivity contribution in [1.29, 1.82) is 0 Å². The van der Waals surface area contributed by atoms with Crippen LogP contribution in [0.1, 0.15) is 26.7 Å². The first-order valence-electron chi connectivity index (χ1n) is 5.06. The highest BCUT2D eigenvalue weighted by molar-refractivity contribution is 5.84. The zero-order chi connectivity index (χ0) is 11.7. The lowest BCUT2D eigenvalue weighted by atomic mass is 9.92. The van der Waals surface area contributed by atoms with Crippen molar-refractivity contribution < 1.29 is 14.7 Å². The standard InChI is InChI=1S/C10H18N2O3/c1-9(2,5-11)7(13)12-6-10(3-4-10)8(14)15/h3-6,11H2,1-2H3,(H,12,13)(H,14,15). The molecule has 15 heavy (non-hydrogen) atoms. The van der Waals surface area contributed by atoms with Crippen LogP contribution in [-0.4, -0.2) is 30.1 Å². The third kappa shape index (κ3) is 2.47. The number of aliphatic carboxylic acids is 1. The van der Waals surface area contributed by atoms with Crippen molar-refractivity contribution >= 4 is 11.9 Å². The van der Waals surface area contributed by atoms with E-state index in [1.165, 1.54) is 0 Å². The van der Waals surface area contributed by atoms with Crippen molar-refractivity contribution in [2.45, 2.75) is 26.7 Å². The fourth-order valence-corrected chi connectivity index (χ4v) is 1.20. The van der Waals surface area contributed by atoms with E-state index in [2.05, 4.69) is 5.32 Å². The average Bonchev–Trinajstić information content (AvgIpc) is 2.95. The molecule has 0 aliphatic heterocycles. The van der Waals surface area contributed by atoms with Crippen LogP contribution in [0.5, 0.6) is 0 Å². The van der Waals surface area contributed by atoms with Crippen LogP contribution < -0.4 is 11.1 Å². The van der Waals surface area contributed by atoms with E-state index in [-0.39, 0.29) is 19.0 Å². The monoisotopic (exact) mass is 214 g/mol. The van der Waals surface area contributed by atoms with E-state index in [1.807, 2.05) is 0 Å². The fraction of sp³-hybridized carbons (Fsp3) is 0.800. The van der Waals surface area contributed by atoms with E-state index in [9.17, 15) is 9.59 Å². The van der Waals surface area contributed by atoms with Crippen molar-refractivity contribution in [3.8, 4) is 0 Å². The number of carboxylic acid groups (broad SMARTS) is 1. The predicted molar refractivity (Wildman–Crippen MR) is 55.1 cm³/mol. The summed E-state index contributed by atoms with van der Waals surface area (Å²) in [6, 6.07) is 0. The molecule has 1 saturated carbocycles. The summed E-state index contributed by atoms with van der Waals surface area (Å²) in [5.74, 6) is -1.01. The number of nitrogens with two attached hydrogens (primary N) is 1.